The third kappa shape index (κ3) is 4.89. The summed E-state index contributed by atoms with van der Waals surface area (Å²) in [5, 5.41) is 10.8. The first-order valence-electron chi connectivity index (χ1n) is 11.1. The lowest BCUT2D eigenvalue weighted by atomic mass is 10.1. The smallest absolute Gasteiger partial charge is 0.259 e. The topological polar surface area (TPSA) is 85.0 Å². The third-order valence-electron chi connectivity index (χ3n) is 5.56. The van der Waals surface area contributed by atoms with Crippen LogP contribution in [0.25, 0.3) is 17.1 Å². The molecule has 1 amide bonds. The zero-order valence-electron chi connectivity index (χ0n) is 19.5. The van der Waals surface area contributed by atoms with Crippen LogP contribution in [0.5, 0.6) is 5.75 Å². The number of aromatic nitrogens is 3. The number of benzene rings is 3. The minimum atomic E-state index is -0.112. The highest BCUT2D eigenvalue weighted by Crippen LogP contribution is 2.28. The minimum Gasteiger partial charge on any atom is -0.294 e. The fraction of sp³-hybridized carbons (Fsp3) is 0.115. The van der Waals surface area contributed by atoms with Gasteiger partial charge >= 0.3 is 0 Å². The van der Waals surface area contributed by atoms with Gasteiger partial charge in [-0.05, 0) is 54.8 Å². The van der Waals surface area contributed by atoms with E-state index in [1.54, 1.807) is 29.4 Å². The van der Waals surface area contributed by atoms with Gasteiger partial charge in [-0.15, -0.1) is 5.10 Å². The Hall–Kier alpha value is -4.31. The molecule has 1 saturated heterocycles. The van der Waals surface area contributed by atoms with Crippen molar-refractivity contribution in [3.63, 3.8) is 0 Å². The molecule has 0 bridgehead atoms. The van der Waals surface area contributed by atoms with E-state index >= 15 is 0 Å². The minimum absolute atomic E-state index is 0.112. The Morgan fingerprint density at radius 1 is 1.03 bits per heavy atom. The quantitative estimate of drug-likeness (QED) is 0.331. The number of nitrogens with zero attached hydrogens (tertiary/aromatic N) is 6. The van der Waals surface area contributed by atoms with Crippen LogP contribution in [0, 0.1) is 13.8 Å². The number of hydrazone groups is 1. The van der Waals surface area contributed by atoms with E-state index < -0.39 is 0 Å². The number of para-hydroxylation sites is 1. The number of aryl methyl sites for hydroxylation is 2. The van der Waals surface area contributed by atoms with E-state index in [2.05, 4.69) is 20.1 Å². The molecule has 1 aliphatic rings. The molecule has 10 heteroatoms. The van der Waals surface area contributed by atoms with Crippen LogP contribution >= 0.6 is 11.8 Å². The molecule has 5 rings (SSSR count). The summed E-state index contributed by atoms with van der Waals surface area (Å²) in [7, 11) is 0. The summed E-state index contributed by atoms with van der Waals surface area (Å²) in [5.74, 6) is 0.851. The number of rotatable bonds is 6. The number of amidine groups is 1. The highest BCUT2D eigenvalue weighted by molar-refractivity contribution is 8.15. The molecule has 2 heterocycles. The molecule has 0 unspecified atom stereocenters. The average Bonchev–Trinajstić information content (AvgIpc) is 3.52. The van der Waals surface area contributed by atoms with Crippen molar-refractivity contribution in [1.29, 1.82) is 0 Å². The predicted molar refractivity (Wildman–Crippen MR) is 138 cm³/mol. The van der Waals surface area contributed by atoms with Gasteiger partial charge in [-0.3, -0.25) is 9.74 Å². The Kier molecular flexibility index (Phi) is 6.59. The van der Waals surface area contributed by atoms with Gasteiger partial charge in [0.25, 0.3) is 5.91 Å². The van der Waals surface area contributed by atoms with Crippen LogP contribution in [0.4, 0.5) is 10.2 Å². The zero-order chi connectivity index (χ0) is 25.1. The molecular weight excluding hydrogens is 479 g/mol. The predicted octanol–water partition coefficient (Wildman–Crippen LogP) is 5.41. The molecule has 0 spiro atoms. The van der Waals surface area contributed by atoms with Gasteiger partial charge in [-0.25, -0.2) is 14.7 Å². The van der Waals surface area contributed by atoms with Crippen molar-refractivity contribution >= 4 is 34.7 Å². The van der Waals surface area contributed by atoms with Crippen molar-refractivity contribution in [1.82, 2.24) is 19.8 Å². The standard InChI is InChI=1S/C26H21FN6O2S/c1-17-4-3-5-18(2)24(17)30-26-33(23(34)15-36-26)29-14-19-6-8-20(9-7-19)25-28-16-32(31-25)21-10-12-22(35-27)13-11-21/h3-14,16H,15H2,1-2H3/b29-14+,30-26?. The number of carbonyl (C=O) groups is 1. The molecule has 36 heavy (non-hydrogen) atoms. The van der Waals surface area contributed by atoms with E-state index in [1.807, 2.05) is 56.3 Å². The van der Waals surface area contributed by atoms with Crippen LogP contribution in [-0.2, 0) is 4.79 Å². The summed E-state index contributed by atoms with van der Waals surface area (Å²) < 4.78 is 13.8. The molecule has 1 aliphatic heterocycles. The lowest BCUT2D eigenvalue weighted by Gasteiger charge is -2.11. The van der Waals surface area contributed by atoms with E-state index in [4.69, 9.17) is 4.99 Å². The number of thioether (sulfide) groups is 1. The van der Waals surface area contributed by atoms with E-state index in [9.17, 15) is 9.32 Å². The zero-order valence-corrected chi connectivity index (χ0v) is 20.3. The highest BCUT2D eigenvalue weighted by atomic mass is 32.2. The number of aliphatic imine (C=N–C) groups is 1. The second kappa shape index (κ2) is 10.1. The van der Waals surface area contributed by atoms with E-state index in [1.165, 1.54) is 28.9 Å². The Morgan fingerprint density at radius 3 is 2.44 bits per heavy atom. The maximum atomic E-state index is 12.4. The SMILES string of the molecule is Cc1cccc(C)c1N=C1SCC(=O)N1/N=C/c1ccc(-c2ncn(-c3ccc(OF)cc3)n2)cc1. The van der Waals surface area contributed by atoms with Gasteiger partial charge in [0.2, 0.25) is 0 Å². The van der Waals surface area contributed by atoms with Gasteiger partial charge in [0, 0.05) is 10.1 Å². The van der Waals surface area contributed by atoms with Gasteiger partial charge in [0.05, 0.1) is 23.3 Å². The third-order valence-corrected chi connectivity index (χ3v) is 6.48. The van der Waals surface area contributed by atoms with Crippen LogP contribution in [0.3, 0.4) is 0 Å². The number of hydrogen-bond donors (Lipinski definition) is 0. The van der Waals surface area contributed by atoms with Gasteiger partial charge in [0.1, 0.15) is 6.33 Å². The normalized spacial score (nSPS) is 14.8. The summed E-state index contributed by atoms with van der Waals surface area (Å²) in [6.45, 7) is 4.00. The fourth-order valence-electron chi connectivity index (χ4n) is 3.64. The molecule has 1 aromatic heterocycles. The lowest BCUT2D eigenvalue weighted by Crippen LogP contribution is -2.23. The summed E-state index contributed by atoms with van der Waals surface area (Å²) in [6, 6.07) is 19.9. The van der Waals surface area contributed by atoms with Crippen LogP contribution < -0.4 is 4.94 Å². The summed E-state index contributed by atoms with van der Waals surface area (Å²) in [4.78, 5) is 25.2. The molecule has 180 valence electrons. The molecule has 0 radical (unpaired) electrons. The first-order chi connectivity index (χ1) is 17.5. The highest BCUT2D eigenvalue weighted by Gasteiger charge is 2.28. The van der Waals surface area contributed by atoms with Crippen molar-refractivity contribution in [3.8, 4) is 22.8 Å². The van der Waals surface area contributed by atoms with Crippen LogP contribution in [0.1, 0.15) is 16.7 Å². The lowest BCUT2D eigenvalue weighted by molar-refractivity contribution is -0.124. The maximum Gasteiger partial charge on any atom is 0.259 e. The summed E-state index contributed by atoms with van der Waals surface area (Å²) in [5.41, 5.74) is 5.31. The largest absolute Gasteiger partial charge is 0.294 e. The molecule has 4 aromatic rings. The Labute approximate surface area is 211 Å². The van der Waals surface area contributed by atoms with Gasteiger partial charge in [-0.1, -0.05) is 54.2 Å². The van der Waals surface area contributed by atoms with Crippen molar-refractivity contribution in [2.24, 2.45) is 10.1 Å². The second-order valence-corrected chi connectivity index (χ2v) is 9.02. The fourth-order valence-corrected chi connectivity index (χ4v) is 4.44. The molecule has 3 aromatic carbocycles. The van der Waals surface area contributed by atoms with Crippen molar-refractivity contribution < 1.29 is 14.3 Å². The first kappa shape index (κ1) is 23.4. The van der Waals surface area contributed by atoms with Gasteiger partial charge < -0.3 is 0 Å². The molecular formula is C26H21FN6O2S. The van der Waals surface area contributed by atoms with Crippen molar-refractivity contribution in [2.75, 3.05) is 5.75 Å². The van der Waals surface area contributed by atoms with Crippen molar-refractivity contribution in [2.45, 2.75) is 13.8 Å². The number of halogens is 1. The van der Waals surface area contributed by atoms with E-state index in [0.29, 0.717) is 16.7 Å². The summed E-state index contributed by atoms with van der Waals surface area (Å²) >= 11 is 1.38. The molecule has 0 aliphatic carbocycles. The van der Waals surface area contributed by atoms with Crippen LogP contribution in [-0.4, -0.2) is 42.8 Å². The van der Waals surface area contributed by atoms with E-state index in [-0.39, 0.29) is 11.7 Å². The number of hydrogen-bond acceptors (Lipinski definition) is 7. The second-order valence-electron chi connectivity index (χ2n) is 8.08. The van der Waals surface area contributed by atoms with Gasteiger partial charge in [0.15, 0.2) is 16.7 Å². The van der Waals surface area contributed by atoms with Crippen molar-refractivity contribution in [3.05, 3.63) is 89.7 Å². The Balaban J connectivity index is 1.32. The molecule has 0 atom stereocenters. The average molecular weight is 501 g/mol. The maximum absolute atomic E-state index is 12.4. The van der Waals surface area contributed by atoms with E-state index in [0.717, 1.165) is 33.6 Å². The van der Waals surface area contributed by atoms with Crippen LogP contribution in [0.2, 0.25) is 0 Å². The number of amides is 1. The van der Waals surface area contributed by atoms with Gasteiger partial charge in [-0.2, -0.15) is 10.1 Å². The molecule has 0 N–H and O–H groups in total. The summed E-state index contributed by atoms with van der Waals surface area (Å²) in [6.07, 6.45) is 3.22. The first-order valence-corrected chi connectivity index (χ1v) is 12.1. The Morgan fingerprint density at radius 2 is 1.75 bits per heavy atom. The Bertz CT molecular complexity index is 1440. The molecule has 0 saturated carbocycles. The van der Waals surface area contributed by atoms with Crippen LogP contribution in [0.15, 0.2) is 83.2 Å². The molecule has 8 nitrogen and oxygen atoms in total. The monoisotopic (exact) mass is 500 g/mol. The number of carbonyl (C=O) groups excluding carboxylic acids is 1. The molecule has 1 fully saturated rings.